The first-order valence-corrected chi connectivity index (χ1v) is 9.13. The van der Waals surface area contributed by atoms with Crippen molar-refractivity contribution in [1.82, 2.24) is 9.80 Å². The molecule has 2 aliphatic heterocycles. The molecule has 6 nitrogen and oxygen atoms in total. The molecule has 1 amide bonds. The third kappa shape index (κ3) is 3.51. The maximum atomic E-state index is 12.4. The van der Waals surface area contributed by atoms with E-state index >= 15 is 0 Å². The maximum Gasteiger partial charge on any atom is 0.237 e. The van der Waals surface area contributed by atoms with Crippen LogP contribution in [0, 0.1) is 0 Å². The molecule has 0 saturated carbocycles. The molecule has 2 rings (SSSR count). The molecule has 0 spiro atoms. The van der Waals surface area contributed by atoms with Crippen molar-refractivity contribution < 1.29 is 18.3 Å². The van der Waals surface area contributed by atoms with E-state index in [0.29, 0.717) is 13.0 Å². The fourth-order valence-electron chi connectivity index (χ4n) is 3.23. The van der Waals surface area contributed by atoms with E-state index < -0.39 is 9.84 Å². The molecule has 116 valence electrons. The van der Waals surface area contributed by atoms with E-state index in [1.807, 2.05) is 11.8 Å². The summed E-state index contributed by atoms with van der Waals surface area (Å²) in [5.41, 5.74) is 0. The molecule has 1 N–H and O–H groups in total. The van der Waals surface area contributed by atoms with Crippen LogP contribution in [-0.4, -0.2) is 79.1 Å². The monoisotopic (exact) mass is 304 g/mol. The smallest absolute Gasteiger partial charge is 0.237 e. The van der Waals surface area contributed by atoms with Gasteiger partial charge in [-0.05, 0) is 32.7 Å². The molecule has 2 atom stereocenters. The Morgan fingerprint density at radius 3 is 2.70 bits per heavy atom. The second kappa shape index (κ2) is 6.41. The number of aliphatic hydroxyl groups is 1. The number of rotatable bonds is 5. The number of hydrogen-bond donors (Lipinski definition) is 1. The molecule has 7 heteroatoms. The first-order chi connectivity index (χ1) is 9.46. The lowest BCUT2D eigenvalue weighted by Gasteiger charge is -2.30. The van der Waals surface area contributed by atoms with Crippen molar-refractivity contribution in [3.63, 3.8) is 0 Å². The van der Waals surface area contributed by atoms with Gasteiger partial charge in [-0.2, -0.15) is 0 Å². The van der Waals surface area contributed by atoms with E-state index in [0.717, 1.165) is 19.4 Å². The van der Waals surface area contributed by atoms with Gasteiger partial charge in [0.15, 0.2) is 9.84 Å². The highest BCUT2D eigenvalue weighted by molar-refractivity contribution is 7.91. The number of nitrogens with zero attached hydrogens (tertiary/aromatic N) is 2. The number of carbonyl (C=O) groups is 1. The Morgan fingerprint density at radius 1 is 1.40 bits per heavy atom. The van der Waals surface area contributed by atoms with Crippen LogP contribution in [-0.2, 0) is 14.6 Å². The molecule has 0 aromatic rings. The van der Waals surface area contributed by atoms with Crippen LogP contribution in [0.1, 0.15) is 26.2 Å². The minimum absolute atomic E-state index is 0.0186. The highest BCUT2D eigenvalue weighted by atomic mass is 32.2. The van der Waals surface area contributed by atoms with Gasteiger partial charge in [0.25, 0.3) is 0 Å². The van der Waals surface area contributed by atoms with Crippen LogP contribution < -0.4 is 0 Å². The molecule has 0 bridgehead atoms. The Balaban J connectivity index is 1.96. The summed E-state index contributed by atoms with van der Waals surface area (Å²) in [7, 11) is -2.97. The lowest BCUT2D eigenvalue weighted by Crippen LogP contribution is -2.47. The Hall–Kier alpha value is -0.660. The van der Waals surface area contributed by atoms with Crippen LogP contribution in [0.15, 0.2) is 0 Å². The topological polar surface area (TPSA) is 77.9 Å². The fraction of sp³-hybridized carbons (Fsp3) is 0.923. The Labute approximate surface area is 120 Å². The van der Waals surface area contributed by atoms with Crippen molar-refractivity contribution in [2.45, 2.75) is 38.3 Å². The largest absolute Gasteiger partial charge is 0.395 e. The lowest BCUT2D eigenvalue weighted by atomic mass is 10.2. The second-order valence-electron chi connectivity index (χ2n) is 5.69. The van der Waals surface area contributed by atoms with Crippen molar-refractivity contribution in [3.8, 4) is 0 Å². The molecule has 0 aromatic heterocycles. The summed E-state index contributed by atoms with van der Waals surface area (Å²) in [6, 6.07) is -0.0994. The molecule has 2 fully saturated rings. The van der Waals surface area contributed by atoms with E-state index in [4.69, 9.17) is 0 Å². The molecule has 1 unspecified atom stereocenters. The summed E-state index contributed by atoms with van der Waals surface area (Å²) in [5.74, 6) is 0.260. The van der Waals surface area contributed by atoms with Gasteiger partial charge in [0.2, 0.25) is 5.91 Å². The van der Waals surface area contributed by atoms with Crippen LogP contribution in [0.5, 0.6) is 0 Å². The number of carbonyl (C=O) groups excluding carboxylic acids is 1. The van der Waals surface area contributed by atoms with E-state index in [-0.39, 0.29) is 42.6 Å². The highest BCUT2D eigenvalue weighted by Crippen LogP contribution is 2.20. The van der Waals surface area contributed by atoms with Crippen molar-refractivity contribution in [2.75, 3.05) is 37.7 Å². The zero-order chi connectivity index (χ0) is 14.8. The van der Waals surface area contributed by atoms with E-state index in [9.17, 15) is 18.3 Å². The summed E-state index contributed by atoms with van der Waals surface area (Å²) >= 11 is 0. The number of hydrogen-bond acceptors (Lipinski definition) is 5. The molecule has 0 aromatic carbocycles. The molecule has 2 aliphatic rings. The average molecular weight is 304 g/mol. The minimum Gasteiger partial charge on any atom is -0.395 e. The summed E-state index contributed by atoms with van der Waals surface area (Å²) in [5, 5.41) is 9.28. The van der Waals surface area contributed by atoms with E-state index in [1.54, 1.807) is 4.90 Å². The Morgan fingerprint density at radius 2 is 2.15 bits per heavy atom. The van der Waals surface area contributed by atoms with Crippen LogP contribution in [0.2, 0.25) is 0 Å². The summed E-state index contributed by atoms with van der Waals surface area (Å²) in [6.07, 6.45) is 2.47. The van der Waals surface area contributed by atoms with Crippen molar-refractivity contribution in [3.05, 3.63) is 0 Å². The number of aliphatic hydroxyl groups excluding tert-OH is 1. The van der Waals surface area contributed by atoms with Crippen LogP contribution in [0.25, 0.3) is 0 Å². The van der Waals surface area contributed by atoms with Gasteiger partial charge in [-0.15, -0.1) is 0 Å². The van der Waals surface area contributed by atoms with Gasteiger partial charge in [-0.25, -0.2) is 8.42 Å². The number of likely N-dealkylation sites (N-methyl/N-ethyl adjacent to an activating group) is 1. The zero-order valence-electron chi connectivity index (χ0n) is 12.0. The van der Waals surface area contributed by atoms with Crippen LogP contribution in [0.4, 0.5) is 0 Å². The summed E-state index contributed by atoms with van der Waals surface area (Å²) < 4.78 is 23.1. The molecule has 0 radical (unpaired) electrons. The third-order valence-corrected chi connectivity index (χ3v) is 6.11. The fourth-order valence-corrected chi connectivity index (χ4v) is 4.96. The first-order valence-electron chi connectivity index (χ1n) is 7.31. The average Bonchev–Trinajstić information content (AvgIpc) is 2.97. The Kier molecular flexibility index (Phi) is 5.04. The summed E-state index contributed by atoms with van der Waals surface area (Å²) in [4.78, 5) is 16.1. The summed E-state index contributed by atoms with van der Waals surface area (Å²) in [6.45, 7) is 3.62. The second-order valence-corrected chi connectivity index (χ2v) is 7.91. The van der Waals surface area contributed by atoms with E-state index in [2.05, 4.69) is 0 Å². The Bertz CT molecular complexity index is 451. The number of sulfone groups is 1. The number of likely N-dealkylation sites (tertiary alicyclic amines) is 1. The van der Waals surface area contributed by atoms with Gasteiger partial charge < -0.3 is 10.0 Å². The van der Waals surface area contributed by atoms with Crippen molar-refractivity contribution >= 4 is 15.7 Å². The molecule has 2 heterocycles. The number of amides is 1. The highest BCUT2D eigenvalue weighted by Gasteiger charge is 2.35. The predicted molar refractivity (Wildman–Crippen MR) is 76.1 cm³/mol. The normalized spacial score (nSPS) is 29.7. The standard InChI is InChI=1S/C13H24N2O4S/c1-2-15(12-5-7-20(18,19)10-12)13(17)8-14-6-3-4-11(14)9-16/h11-12,16H,2-10H2,1H3/t11-,12?/m0/s1. The SMILES string of the molecule is CCN(C(=O)CN1CCC[C@H]1CO)C1CCS(=O)(=O)C1. The van der Waals surface area contributed by atoms with Gasteiger partial charge in [0.1, 0.15) is 0 Å². The molecular weight excluding hydrogens is 280 g/mol. The van der Waals surface area contributed by atoms with Gasteiger partial charge in [0.05, 0.1) is 24.7 Å². The third-order valence-electron chi connectivity index (χ3n) is 4.36. The predicted octanol–water partition coefficient (Wildman–Crippen LogP) is -0.521. The van der Waals surface area contributed by atoms with Gasteiger partial charge in [-0.1, -0.05) is 0 Å². The van der Waals surface area contributed by atoms with Crippen molar-refractivity contribution in [1.29, 1.82) is 0 Å². The lowest BCUT2D eigenvalue weighted by molar-refractivity contribution is -0.134. The van der Waals surface area contributed by atoms with Gasteiger partial charge in [-0.3, -0.25) is 9.69 Å². The van der Waals surface area contributed by atoms with E-state index in [1.165, 1.54) is 0 Å². The zero-order valence-corrected chi connectivity index (χ0v) is 12.8. The minimum atomic E-state index is -2.97. The molecule has 2 saturated heterocycles. The maximum absolute atomic E-state index is 12.4. The van der Waals surface area contributed by atoms with Crippen LogP contribution in [0.3, 0.4) is 0 Å². The quantitative estimate of drug-likeness (QED) is 0.739. The molecular formula is C13H24N2O4S. The molecule has 20 heavy (non-hydrogen) atoms. The molecule has 0 aliphatic carbocycles. The van der Waals surface area contributed by atoms with Crippen LogP contribution >= 0.6 is 0 Å². The van der Waals surface area contributed by atoms with Crippen molar-refractivity contribution in [2.24, 2.45) is 0 Å². The first kappa shape index (κ1) is 15.7. The van der Waals surface area contributed by atoms with Gasteiger partial charge in [0, 0.05) is 18.6 Å². The van der Waals surface area contributed by atoms with Gasteiger partial charge >= 0.3 is 0 Å².